The Labute approximate surface area is 313 Å². The van der Waals surface area contributed by atoms with Crippen molar-refractivity contribution in [2.24, 2.45) is 0 Å². The van der Waals surface area contributed by atoms with Crippen molar-refractivity contribution in [3.8, 4) is 45.5 Å². The molecule has 0 spiro atoms. The van der Waals surface area contributed by atoms with Gasteiger partial charge < -0.3 is 4.57 Å². The van der Waals surface area contributed by atoms with Crippen LogP contribution < -0.4 is 0 Å². The van der Waals surface area contributed by atoms with E-state index in [1.807, 2.05) is 60.7 Å². The van der Waals surface area contributed by atoms with Crippen LogP contribution >= 0.6 is 0 Å². The summed E-state index contributed by atoms with van der Waals surface area (Å²) in [4.78, 5) is 15.1. The highest BCUT2D eigenvalue weighted by Gasteiger charge is 2.20. The van der Waals surface area contributed by atoms with Gasteiger partial charge in [-0.2, -0.15) is 9.97 Å². The quantitative estimate of drug-likeness (QED) is 0.180. The normalized spacial score (nSPS) is 12.0. The molecule has 0 amide bonds. The topological polar surface area (TPSA) is 48.5 Å². The lowest BCUT2D eigenvalue weighted by molar-refractivity contribution is 0.590. The van der Waals surface area contributed by atoms with Crippen molar-refractivity contribution < 1.29 is 0 Å². The first-order valence-electron chi connectivity index (χ1n) is 18.5. The minimum atomic E-state index is 0.100. The van der Waals surface area contributed by atoms with Gasteiger partial charge in [-0.05, 0) is 70.6 Å². The molecule has 0 N–H and O–H groups in total. The number of benzene rings is 7. The Morgan fingerprint density at radius 1 is 0.370 bits per heavy atom. The second-order valence-electron chi connectivity index (χ2n) is 15.0. The van der Waals surface area contributed by atoms with E-state index in [0.29, 0.717) is 17.6 Å². The van der Waals surface area contributed by atoms with Crippen LogP contribution in [0.25, 0.3) is 89.2 Å². The summed E-state index contributed by atoms with van der Waals surface area (Å²) >= 11 is 0. The molecule has 0 unspecified atom stereocenters. The summed E-state index contributed by atoms with van der Waals surface area (Å²) in [5, 5.41) is 4.77. The molecule has 0 saturated carbocycles. The minimum Gasteiger partial charge on any atom is -0.309 e. The second-order valence-corrected chi connectivity index (χ2v) is 15.0. The van der Waals surface area contributed by atoms with E-state index in [2.05, 4.69) is 139 Å². The molecule has 10 rings (SSSR count). The monoisotopic (exact) mass is 695 g/mol. The predicted molar refractivity (Wildman–Crippen MR) is 224 cm³/mol. The standard InChI is InChI=1S/C49H37N5/c1-49(2,3)36-24-26-37(27-25-36)53-42-20-12-10-18-38(42)40-30-34(22-28-44(40)53)35-23-29-45-41(31-35)39-19-11-13-21-43(39)54(45)48-51-46(32-14-6-4-7-15-32)50-47(52-48)33-16-8-5-9-17-33/h4-31H,1-3H3. The smallest absolute Gasteiger partial charge is 0.238 e. The maximum absolute atomic E-state index is 5.10. The van der Waals surface area contributed by atoms with Gasteiger partial charge in [0.25, 0.3) is 0 Å². The van der Waals surface area contributed by atoms with Gasteiger partial charge in [-0.15, -0.1) is 0 Å². The number of aromatic nitrogens is 5. The number of rotatable bonds is 5. The van der Waals surface area contributed by atoms with E-state index in [1.54, 1.807) is 0 Å². The fourth-order valence-electron chi connectivity index (χ4n) is 7.81. The van der Waals surface area contributed by atoms with E-state index >= 15 is 0 Å². The highest BCUT2D eigenvalue weighted by molar-refractivity contribution is 6.12. The molecular formula is C49H37N5. The molecule has 54 heavy (non-hydrogen) atoms. The van der Waals surface area contributed by atoms with E-state index < -0.39 is 0 Å². The van der Waals surface area contributed by atoms with Crippen LogP contribution in [0.5, 0.6) is 0 Å². The fourth-order valence-corrected chi connectivity index (χ4v) is 7.81. The molecule has 0 saturated heterocycles. The Kier molecular flexibility index (Phi) is 7.31. The van der Waals surface area contributed by atoms with Gasteiger partial charge in [0, 0.05) is 38.4 Å². The number of nitrogens with zero attached hydrogens (tertiary/aromatic N) is 5. The van der Waals surface area contributed by atoms with E-state index in [4.69, 9.17) is 15.0 Å². The average molecular weight is 696 g/mol. The molecule has 0 aliphatic heterocycles. The van der Waals surface area contributed by atoms with Crippen LogP contribution in [0.1, 0.15) is 26.3 Å². The molecule has 3 heterocycles. The van der Waals surface area contributed by atoms with Crippen molar-refractivity contribution in [2.75, 3.05) is 0 Å². The lowest BCUT2D eigenvalue weighted by atomic mass is 9.87. The Morgan fingerprint density at radius 2 is 0.815 bits per heavy atom. The van der Waals surface area contributed by atoms with E-state index in [0.717, 1.165) is 38.5 Å². The number of hydrogen-bond donors (Lipinski definition) is 0. The first-order chi connectivity index (χ1) is 26.4. The Balaban J connectivity index is 1.14. The fraction of sp³-hybridized carbons (Fsp3) is 0.0816. The third-order valence-electron chi connectivity index (χ3n) is 10.6. The van der Waals surface area contributed by atoms with E-state index in [1.165, 1.54) is 38.6 Å². The highest BCUT2D eigenvalue weighted by atomic mass is 15.2. The molecular weight excluding hydrogens is 659 g/mol. The summed E-state index contributed by atoms with van der Waals surface area (Å²) < 4.78 is 4.57. The summed E-state index contributed by atoms with van der Waals surface area (Å²) in [5.74, 6) is 1.87. The van der Waals surface area contributed by atoms with Crippen molar-refractivity contribution in [1.82, 2.24) is 24.1 Å². The number of hydrogen-bond acceptors (Lipinski definition) is 3. The summed E-state index contributed by atoms with van der Waals surface area (Å²) in [7, 11) is 0. The Hall–Kier alpha value is -6.85. The first-order valence-corrected chi connectivity index (χ1v) is 18.5. The van der Waals surface area contributed by atoms with Crippen LogP contribution in [-0.2, 0) is 5.41 Å². The largest absolute Gasteiger partial charge is 0.309 e. The van der Waals surface area contributed by atoms with Crippen LogP contribution in [0.15, 0.2) is 170 Å². The van der Waals surface area contributed by atoms with Gasteiger partial charge in [0.15, 0.2) is 11.6 Å². The van der Waals surface area contributed by atoms with E-state index in [-0.39, 0.29) is 5.41 Å². The zero-order chi connectivity index (χ0) is 36.4. The molecule has 0 radical (unpaired) electrons. The van der Waals surface area contributed by atoms with Gasteiger partial charge in [0.05, 0.1) is 22.1 Å². The van der Waals surface area contributed by atoms with Gasteiger partial charge in [0.2, 0.25) is 5.95 Å². The number of para-hydroxylation sites is 2. The average Bonchev–Trinajstić information content (AvgIpc) is 3.73. The molecule has 258 valence electrons. The molecule has 0 atom stereocenters. The lowest BCUT2D eigenvalue weighted by Crippen LogP contribution is -2.10. The minimum absolute atomic E-state index is 0.100. The van der Waals surface area contributed by atoms with Gasteiger partial charge in [-0.1, -0.05) is 142 Å². The van der Waals surface area contributed by atoms with Crippen molar-refractivity contribution in [3.63, 3.8) is 0 Å². The predicted octanol–water partition coefficient (Wildman–Crippen LogP) is 12.4. The SMILES string of the molecule is CC(C)(C)c1ccc(-n2c3ccccc3c3cc(-c4ccc5c(c4)c4ccccc4n5-c4nc(-c5ccccc5)nc(-c5ccccc5)n4)ccc32)cc1. The van der Waals surface area contributed by atoms with Crippen molar-refractivity contribution in [1.29, 1.82) is 0 Å². The lowest BCUT2D eigenvalue weighted by Gasteiger charge is -2.19. The molecule has 5 nitrogen and oxygen atoms in total. The Bertz CT molecular complexity index is 2950. The number of fused-ring (bicyclic) bond motifs is 6. The third-order valence-corrected chi connectivity index (χ3v) is 10.6. The molecule has 5 heteroatoms. The zero-order valence-corrected chi connectivity index (χ0v) is 30.4. The molecule has 0 fully saturated rings. The zero-order valence-electron chi connectivity index (χ0n) is 30.4. The van der Waals surface area contributed by atoms with Gasteiger partial charge >= 0.3 is 0 Å². The van der Waals surface area contributed by atoms with Gasteiger partial charge in [0.1, 0.15) is 0 Å². The van der Waals surface area contributed by atoms with Crippen LogP contribution in [0.4, 0.5) is 0 Å². The molecule has 0 bridgehead atoms. The van der Waals surface area contributed by atoms with Crippen molar-refractivity contribution in [3.05, 3.63) is 175 Å². The molecule has 3 aromatic heterocycles. The van der Waals surface area contributed by atoms with Crippen LogP contribution in [-0.4, -0.2) is 24.1 Å². The summed E-state index contributed by atoms with van der Waals surface area (Å²) in [6.07, 6.45) is 0. The Morgan fingerprint density at radius 3 is 1.33 bits per heavy atom. The molecule has 10 aromatic rings. The maximum Gasteiger partial charge on any atom is 0.238 e. The summed E-state index contributed by atoms with van der Waals surface area (Å²) in [6.45, 7) is 6.78. The van der Waals surface area contributed by atoms with Crippen LogP contribution in [0.2, 0.25) is 0 Å². The second kappa shape index (κ2) is 12.4. The molecule has 0 aliphatic rings. The molecule has 0 aliphatic carbocycles. The first kappa shape index (κ1) is 31.9. The van der Waals surface area contributed by atoms with Gasteiger partial charge in [-0.3, -0.25) is 4.57 Å². The van der Waals surface area contributed by atoms with Crippen molar-refractivity contribution in [2.45, 2.75) is 26.2 Å². The van der Waals surface area contributed by atoms with Gasteiger partial charge in [-0.25, -0.2) is 4.98 Å². The molecule has 7 aromatic carbocycles. The summed E-state index contributed by atoms with van der Waals surface area (Å²) in [6, 6.07) is 60.2. The van der Waals surface area contributed by atoms with Crippen molar-refractivity contribution >= 4 is 43.6 Å². The van der Waals surface area contributed by atoms with Crippen LogP contribution in [0.3, 0.4) is 0 Å². The highest BCUT2D eigenvalue weighted by Crippen LogP contribution is 2.38. The summed E-state index contributed by atoms with van der Waals surface area (Å²) in [5.41, 5.74) is 11.3. The van der Waals surface area contributed by atoms with E-state index in [9.17, 15) is 0 Å². The maximum atomic E-state index is 5.10. The third kappa shape index (κ3) is 5.28. The van der Waals surface area contributed by atoms with Crippen LogP contribution in [0, 0.1) is 0 Å².